The maximum absolute atomic E-state index is 11.9. The standard InChI is InChI=1S/C13H16O2/c1-15-12-7-3-6-11(9-12)13(14)8-10-4-2-5-10/h3,6-7,9-10H,2,4-5,8H2,1H3. The highest BCUT2D eigenvalue weighted by Crippen LogP contribution is 2.30. The molecule has 15 heavy (non-hydrogen) atoms. The van der Waals surface area contributed by atoms with Gasteiger partial charge in [0, 0.05) is 12.0 Å². The summed E-state index contributed by atoms with van der Waals surface area (Å²) in [4.78, 5) is 11.9. The lowest BCUT2D eigenvalue weighted by Crippen LogP contribution is -2.15. The normalized spacial score (nSPS) is 15.8. The molecule has 1 aliphatic rings. The third kappa shape index (κ3) is 2.38. The van der Waals surface area contributed by atoms with E-state index in [4.69, 9.17) is 4.74 Å². The molecule has 0 spiro atoms. The van der Waals surface area contributed by atoms with E-state index in [0.717, 1.165) is 11.3 Å². The molecule has 0 aromatic heterocycles. The summed E-state index contributed by atoms with van der Waals surface area (Å²) in [7, 11) is 1.62. The van der Waals surface area contributed by atoms with E-state index in [-0.39, 0.29) is 5.78 Å². The molecule has 1 aromatic rings. The molecule has 2 rings (SSSR count). The van der Waals surface area contributed by atoms with E-state index in [0.29, 0.717) is 12.3 Å². The van der Waals surface area contributed by atoms with Gasteiger partial charge in [-0.05, 0) is 18.1 Å². The van der Waals surface area contributed by atoms with Crippen LogP contribution in [-0.2, 0) is 0 Å². The number of hydrogen-bond acceptors (Lipinski definition) is 2. The summed E-state index contributed by atoms with van der Waals surface area (Å²) in [5.41, 5.74) is 0.779. The van der Waals surface area contributed by atoms with Gasteiger partial charge in [-0.25, -0.2) is 0 Å². The van der Waals surface area contributed by atoms with Crippen LogP contribution in [0.3, 0.4) is 0 Å². The van der Waals surface area contributed by atoms with Gasteiger partial charge < -0.3 is 4.74 Å². The van der Waals surface area contributed by atoms with Gasteiger partial charge in [0.05, 0.1) is 7.11 Å². The average molecular weight is 204 g/mol. The van der Waals surface area contributed by atoms with Crippen LogP contribution in [0, 0.1) is 5.92 Å². The lowest BCUT2D eigenvalue weighted by atomic mass is 9.81. The van der Waals surface area contributed by atoms with E-state index < -0.39 is 0 Å². The molecule has 0 aliphatic heterocycles. The number of carbonyl (C=O) groups excluding carboxylic acids is 1. The number of ketones is 1. The van der Waals surface area contributed by atoms with Crippen molar-refractivity contribution in [1.82, 2.24) is 0 Å². The smallest absolute Gasteiger partial charge is 0.163 e. The molecular weight excluding hydrogens is 188 g/mol. The minimum Gasteiger partial charge on any atom is -0.497 e. The molecule has 0 saturated heterocycles. The summed E-state index contributed by atoms with van der Waals surface area (Å²) in [5, 5.41) is 0. The minimum absolute atomic E-state index is 0.249. The average Bonchev–Trinajstić information content (AvgIpc) is 2.23. The first kappa shape index (κ1) is 10.2. The van der Waals surface area contributed by atoms with Gasteiger partial charge in [0.15, 0.2) is 5.78 Å². The van der Waals surface area contributed by atoms with Crippen LogP contribution < -0.4 is 4.74 Å². The molecule has 1 aromatic carbocycles. The zero-order valence-electron chi connectivity index (χ0n) is 9.03. The highest BCUT2D eigenvalue weighted by molar-refractivity contribution is 5.96. The highest BCUT2D eigenvalue weighted by Gasteiger charge is 2.21. The van der Waals surface area contributed by atoms with Crippen LogP contribution in [0.15, 0.2) is 24.3 Å². The van der Waals surface area contributed by atoms with E-state index in [1.54, 1.807) is 7.11 Å². The third-order valence-corrected chi connectivity index (χ3v) is 3.09. The van der Waals surface area contributed by atoms with Crippen molar-refractivity contribution in [2.45, 2.75) is 25.7 Å². The van der Waals surface area contributed by atoms with Crippen molar-refractivity contribution in [3.05, 3.63) is 29.8 Å². The molecule has 0 amide bonds. The second kappa shape index (κ2) is 4.47. The number of rotatable bonds is 4. The van der Waals surface area contributed by atoms with E-state index in [1.165, 1.54) is 19.3 Å². The summed E-state index contributed by atoms with van der Waals surface area (Å²) >= 11 is 0. The number of ether oxygens (including phenoxy) is 1. The van der Waals surface area contributed by atoms with Gasteiger partial charge in [0.1, 0.15) is 5.75 Å². The molecule has 2 nitrogen and oxygen atoms in total. The zero-order valence-corrected chi connectivity index (χ0v) is 9.03. The fourth-order valence-electron chi connectivity index (χ4n) is 1.87. The highest BCUT2D eigenvalue weighted by atomic mass is 16.5. The summed E-state index contributed by atoms with van der Waals surface area (Å²) in [6, 6.07) is 7.41. The van der Waals surface area contributed by atoms with Crippen molar-refractivity contribution in [2.75, 3.05) is 7.11 Å². The van der Waals surface area contributed by atoms with Crippen molar-refractivity contribution in [2.24, 2.45) is 5.92 Å². The topological polar surface area (TPSA) is 26.3 Å². The maximum Gasteiger partial charge on any atom is 0.163 e. The van der Waals surface area contributed by atoms with Crippen LogP contribution in [0.4, 0.5) is 0 Å². The van der Waals surface area contributed by atoms with Crippen molar-refractivity contribution in [3.8, 4) is 5.75 Å². The molecule has 1 aliphatic carbocycles. The number of carbonyl (C=O) groups is 1. The van der Waals surface area contributed by atoms with Gasteiger partial charge in [0.2, 0.25) is 0 Å². The van der Waals surface area contributed by atoms with Crippen molar-refractivity contribution >= 4 is 5.78 Å². The number of hydrogen-bond donors (Lipinski definition) is 0. The summed E-state index contributed by atoms with van der Waals surface area (Å²) in [6.45, 7) is 0. The van der Waals surface area contributed by atoms with Crippen molar-refractivity contribution in [1.29, 1.82) is 0 Å². The molecule has 0 bridgehead atoms. The Bertz CT molecular complexity index is 353. The van der Waals surface area contributed by atoms with Crippen LogP contribution in [0.25, 0.3) is 0 Å². The van der Waals surface area contributed by atoms with Crippen molar-refractivity contribution in [3.63, 3.8) is 0 Å². The Labute approximate surface area is 90.3 Å². The van der Waals surface area contributed by atoms with Crippen LogP contribution in [-0.4, -0.2) is 12.9 Å². The van der Waals surface area contributed by atoms with E-state index in [9.17, 15) is 4.79 Å². The third-order valence-electron chi connectivity index (χ3n) is 3.09. The summed E-state index contributed by atoms with van der Waals surface area (Å²) in [6.07, 6.45) is 4.43. The Balaban J connectivity index is 2.03. The second-order valence-corrected chi connectivity index (χ2v) is 4.16. The molecule has 80 valence electrons. The van der Waals surface area contributed by atoms with Gasteiger partial charge in [-0.1, -0.05) is 31.4 Å². The molecular formula is C13H16O2. The molecule has 0 atom stereocenters. The Hall–Kier alpha value is -1.31. The molecule has 1 fully saturated rings. The number of benzene rings is 1. The monoisotopic (exact) mass is 204 g/mol. The van der Waals surface area contributed by atoms with Crippen LogP contribution in [0.2, 0.25) is 0 Å². The molecule has 0 unspecified atom stereocenters. The second-order valence-electron chi connectivity index (χ2n) is 4.16. The Morgan fingerprint density at radius 3 is 2.87 bits per heavy atom. The lowest BCUT2D eigenvalue weighted by molar-refractivity contribution is 0.0936. The predicted octanol–water partition coefficient (Wildman–Crippen LogP) is 3.07. The van der Waals surface area contributed by atoms with E-state index >= 15 is 0 Å². The van der Waals surface area contributed by atoms with Crippen molar-refractivity contribution < 1.29 is 9.53 Å². The molecule has 0 heterocycles. The van der Waals surface area contributed by atoms with Gasteiger partial charge in [-0.3, -0.25) is 4.79 Å². The van der Waals surface area contributed by atoms with Gasteiger partial charge >= 0.3 is 0 Å². The zero-order chi connectivity index (χ0) is 10.7. The fraction of sp³-hybridized carbons (Fsp3) is 0.462. The maximum atomic E-state index is 11.9. The van der Waals surface area contributed by atoms with Gasteiger partial charge in [0.25, 0.3) is 0 Å². The quantitative estimate of drug-likeness (QED) is 0.704. The first-order chi connectivity index (χ1) is 7.29. The van der Waals surface area contributed by atoms with Crippen LogP contribution in [0.1, 0.15) is 36.0 Å². The van der Waals surface area contributed by atoms with E-state index in [2.05, 4.69) is 0 Å². The summed E-state index contributed by atoms with van der Waals surface area (Å²) < 4.78 is 5.10. The van der Waals surface area contributed by atoms with E-state index in [1.807, 2.05) is 24.3 Å². The molecule has 2 heteroatoms. The lowest BCUT2D eigenvalue weighted by Gasteiger charge is -2.24. The molecule has 1 saturated carbocycles. The van der Waals surface area contributed by atoms with Gasteiger partial charge in [-0.15, -0.1) is 0 Å². The number of Topliss-reactive ketones (excluding diaryl/α,β-unsaturated/α-hetero) is 1. The largest absolute Gasteiger partial charge is 0.497 e. The Kier molecular flexibility index (Phi) is 3.05. The minimum atomic E-state index is 0.249. The molecule has 0 N–H and O–H groups in total. The Morgan fingerprint density at radius 2 is 2.27 bits per heavy atom. The predicted molar refractivity (Wildman–Crippen MR) is 59.3 cm³/mol. The first-order valence-corrected chi connectivity index (χ1v) is 5.47. The summed E-state index contributed by atoms with van der Waals surface area (Å²) in [5.74, 6) is 1.64. The van der Waals surface area contributed by atoms with Crippen LogP contribution in [0.5, 0.6) is 5.75 Å². The fourth-order valence-corrected chi connectivity index (χ4v) is 1.87. The SMILES string of the molecule is COc1cccc(C(=O)CC2CCC2)c1. The van der Waals surface area contributed by atoms with Gasteiger partial charge in [-0.2, -0.15) is 0 Å². The first-order valence-electron chi connectivity index (χ1n) is 5.47. The van der Waals surface area contributed by atoms with Crippen LogP contribution >= 0.6 is 0 Å². The Morgan fingerprint density at radius 1 is 1.47 bits per heavy atom. The number of methoxy groups -OCH3 is 1. The molecule has 0 radical (unpaired) electrons.